The molecule has 1 aromatic rings. The van der Waals surface area contributed by atoms with Crippen molar-refractivity contribution in [3.05, 3.63) is 12.3 Å². The molecular weight excluding hydrogens is 314 g/mol. The molecule has 1 heterocycles. The fourth-order valence-corrected chi connectivity index (χ4v) is 6.16. The number of rotatable bonds is 5. The number of nitrogens with one attached hydrogen (secondary N) is 1. The van der Waals surface area contributed by atoms with Crippen LogP contribution in [0.1, 0.15) is 71.8 Å². The summed E-state index contributed by atoms with van der Waals surface area (Å²) < 4.78 is 1.91. The summed E-state index contributed by atoms with van der Waals surface area (Å²) in [4.78, 5) is 12.8. The maximum absolute atomic E-state index is 12.8. The molecule has 1 aromatic heterocycles. The molecule has 4 aliphatic rings. The minimum atomic E-state index is -0.502. The Morgan fingerprint density at radius 2 is 2.00 bits per heavy atom. The third-order valence-electron chi connectivity index (χ3n) is 6.98. The van der Waals surface area contributed by atoms with Gasteiger partial charge in [0.25, 0.3) is 0 Å². The minimum absolute atomic E-state index is 0.0113. The predicted molar refractivity (Wildman–Crippen MR) is 97.1 cm³/mol. The molecule has 0 saturated heterocycles. The van der Waals surface area contributed by atoms with Gasteiger partial charge < -0.3 is 10.4 Å². The predicted octanol–water partition coefficient (Wildman–Crippen LogP) is 3.76. The first-order chi connectivity index (χ1) is 11.8. The summed E-state index contributed by atoms with van der Waals surface area (Å²) in [6.45, 7) is 6.45. The van der Waals surface area contributed by atoms with E-state index in [1.165, 1.54) is 6.42 Å². The maximum atomic E-state index is 12.8. The summed E-state index contributed by atoms with van der Waals surface area (Å²) in [5.74, 6) is 2.54. The average molecular weight is 345 g/mol. The van der Waals surface area contributed by atoms with Crippen LogP contribution < -0.4 is 5.32 Å². The van der Waals surface area contributed by atoms with Crippen molar-refractivity contribution in [2.45, 2.75) is 77.4 Å². The van der Waals surface area contributed by atoms with Crippen molar-refractivity contribution in [1.82, 2.24) is 9.78 Å². The van der Waals surface area contributed by atoms with Crippen molar-refractivity contribution in [3.63, 3.8) is 0 Å². The SMILES string of the molecule is CC(C)[C@@H](C)n1nccc1NC(=O)CC12C[C@@H]3C[C@@H](CC(O)(C3)C1)C2. The lowest BCUT2D eigenvalue weighted by Crippen LogP contribution is -2.56. The van der Waals surface area contributed by atoms with Crippen LogP contribution in [0.5, 0.6) is 0 Å². The molecule has 4 bridgehead atoms. The van der Waals surface area contributed by atoms with Crippen molar-refractivity contribution in [2.24, 2.45) is 23.2 Å². The molecule has 5 heteroatoms. The van der Waals surface area contributed by atoms with E-state index in [2.05, 4.69) is 31.2 Å². The molecule has 138 valence electrons. The molecule has 2 N–H and O–H groups in total. The first kappa shape index (κ1) is 17.1. The summed E-state index contributed by atoms with van der Waals surface area (Å²) in [6, 6.07) is 2.12. The largest absolute Gasteiger partial charge is 0.390 e. The molecule has 4 saturated carbocycles. The molecule has 4 aliphatic carbocycles. The normalized spacial score (nSPS) is 37.5. The maximum Gasteiger partial charge on any atom is 0.226 e. The molecule has 5 atom stereocenters. The highest BCUT2D eigenvalue weighted by molar-refractivity contribution is 5.90. The lowest BCUT2D eigenvalue weighted by Gasteiger charge is -2.60. The monoisotopic (exact) mass is 345 g/mol. The van der Waals surface area contributed by atoms with Crippen LogP contribution in [0.25, 0.3) is 0 Å². The Hall–Kier alpha value is -1.36. The summed E-state index contributed by atoms with van der Waals surface area (Å²) in [6.07, 6.45) is 8.47. The van der Waals surface area contributed by atoms with Gasteiger partial charge in [0.2, 0.25) is 5.91 Å². The van der Waals surface area contributed by atoms with Crippen molar-refractivity contribution in [2.75, 3.05) is 5.32 Å². The van der Waals surface area contributed by atoms with E-state index in [0.717, 1.165) is 37.9 Å². The standard InChI is InChI=1S/C20H31N3O2/c1-13(2)14(3)23-17(4-5-21-23)22-18(24)11-19-7-15-6-16(8-19)10-20(25,9-15)12-19/h4-5,13-16,25H,6-12H2,1-3H3,(H,22,24)/t14-,15-,16+,19?,20?/m1/s1. The van der Waals surface area contributed by atoms with E-state index in [9.17, 15) is 9.90 Å². The molecular formula is C20H31N3O2. The zero-order chi connectivity index (χ0) is 17.8. The fourth-order valence-electron chi connectivity index (χ4n) is 6.16. The number of hydrogen-bond donors (Lipinski definition) is 2. The number of amides is 1. The molecule has 0 aliphatic heterocycles. The van der Waals surface area contributed by atoms with E-state index in [-0.39, 0.29) is 17.4 Å². The first-order valence-electron chi connectivity index (χ1n) is 9.83. The Kier molecular flexibility index (Phi) is 3.98. The van der Waals surface area contributed by atoms with Crippen LogP contribution in [-0.2, 0) is 4.79 Å². The average Bonchev–Trinajstić information content (AvgIpc) is 2.90. The zero-order valence-corrected chi connectivity index (χ0v) is 15.7. The number of carbonyl (C=O) groups excluding carboxylic acids is 1. The number of carbonyl (C=O) groups is 1. The highest BCUT2D eigenvalue weighted by atomic mass is 16.3. The molecule has 4 fully saturated rings. The van der Waals surface area contributed by atoms with Crippen LogP contribution >= 0.6 is 0 Å². The van der Waals surface area contributed by atoms with E-state index in [1.807, 2.05) is 10.7 Å². The van der Waals surface area contributed by atoms with E-state index in [4.69, 9.17) is 0 Å². The number of aromatic nitrogens is 2. The van der Waals surface area contributed by atoms with Crippen LogP contribution in [0.15, 0.2) is 12.3 Å². The van der Waals surface area contributed by atoms with Crippen molar-refractivity contribution in [1.29, 1.82) is 0 Å². The van der Waals surface area contributed by atoms with E-state index in [0.29, 0.717) is 24.2 Å². The quantitative estimate of drug-likeness (QED) is 0.854. The summed E-state index contributed by atoms with van der Waals surface area (Å²) in [5, 5.41) is 18.4. The van der Waals surface area contributed by atoms with Gasteiger partial charge in [0, 0.05) is 12.5 Å². The summed E-state index contributed by atoms with van der Waals surface area (Å²) in [7, 11) is 0. The van der Waals surface area contributed by atoms with Gasteiger partial charge in [-0.2, -0.15) is 5.10 Å². The van der Waals surface area contributed by atoms with Crippen LogP contribution in [0, 0.1) is 23.2 Å². The second-order valence-electron chi connectivity index (χ2n) is 9.56. The van der Waals surface area contributed by atoms with E-state index < -0.39 is 5.60 Å². The highest BCUT2D eigenvalue weighted by Gasteiger charge is 2.57. The molecule has 2 unspecified atom stereocenters. The van der Waals surface area contributed by atoms with Gasteiger partial charge in [0.1, 0.15) is 5.82 Å². The Balaban J connectivity index is 1.46. The number of anilines is 1. The summed E-state index contributed by atoms with van der Waals surface area (Å²) >= 11 is 0. The Labute approximate surface area is 150 Å². The Morgan fingerprint density at radius 1 is 1.32 bits per heavy atom. The Morgan fingerprint density at radius 3 is 2.60 bits per heavy atom. The van der Waals surface area contributed by atoms with Crippen molar-refractivity contribution >= 4 is 11.7 Å². The highest BCUT2D eigenvalue weighted by Crippen LogP contribution is 2.62. The van der Waals surface area contributed by atoms with Gasteiger partial charge in [-0.25, -0.2) is 4.68 Å². The van der Waals surface area contributed by atoms with Gasteiger partial charge in [-0.1, -0.05) is 13.8 Å². The minimum Gasteiger partial charge on any atom is -0.390 e. The van der Waals surface area contributed by atoms with Gasteiger partial charge in [-0.15, -0.1) is 0 Å². The second kappa shape index (κ2) is 5.83. The number of hydrogen-bond acceptors (Lipinski definition) is 3. The van der Waals surface area contributed by atoms with E-state index >= 15 is 0 Å². The topological polar surface area (TPSA) is 67.2 Å². The summed E-state index contributed by atoms with van der Waals surface area (Å²) in [5.41, 5.74) is -0.490. The molecule has 0 spiro atoms. The van der Waals surface area contributed by atoms with Crippen LogP contribution in [0.3, 0.4) is 0 Å². The van der Waals surface area contributed by atoms with Gasteiger partial charge in [-0.05, 0) is 68.6 Å². The van der Waals surface area contributed by atoms with Crippen LogP contribution in [0.4, 0.5) is 5.82 Å². The lowest BCUT2D eigenvalue weighted by molar-refractivity contribution is -0.167. The van der Waals surface area contributed by atoms with E-state index in [1.54, 1.807) is 6.20 Å². The molecule has 25 heavy (non-hydrogen) atoms. The molecule has 5 nitrogen and oxygen atoms in total. The van der Waals surface area contributed by atoms with Crippen LogP contribution in [-0.4, -0.2) is 26.4 Å². The molecule has 5 rings (SSSR count). The number of nitrogens with zero attached hydrogens (tertiary/aromatic N) is 2. The van der Waals surface area contributed by atoms with Gasteiger partial charge in [0.05, 0.1) is 17.8 Å². The number of aliphatic hydroxyl groups is 1. The van der Waals surface area contributed by atoms with Gasteiger partial charge in [-0.3, -0.25) is 4.79 Å². The third kappa shape index (κ3) is 3.12. The second-order valence-corrected chi connectivity index (χ2v) is 9.56. The van der Waals surface area contributed by atoms with Gasteiger partial charge >= 0.3 is 0 Å². The van der Waals surface area contributed by atoms with Crippen LogP contribution in [0.2, 0.25) is 0 Å². The lowest BCUT2D eigenvalue weighted by atomic mass is 9.47. The fraction of sp³-hybridized carbons (Fsp3) is 0.800. The zero-order valence-electron chi connectivity index (χ0n) is 15.7. The van der Waals surface area contributed by atoms with Gasteiger partial charge in [0.15, 0.2) is 0 Å². The molecule has 0 aromatic carbocycles. The third-order valence-corrected chi connectivity index (χ3v) is 6.98. The molecule has 1 amide bonds. The first-order valence-corrected chi connectivity index (χ1v) is 9.83. The smallest absolute Gasteiger partial charge is 0.226 e. The Bertz CT molecular complexity index is 652. The van der Waals surface area contributed by atoms with Crippen molar-refractivity contribution in [3.8, 4) is 0 Å². The van der Waals surface area contributed by atoms with Crippen molar-refractivity contribution < 1.29 is 9.90 Å². The molecule has 0 radical (unpaired) electrons.